The Kier molecular flexibility index (Phi) is 2.03. The van der Waals surface area contributed by atoms with E-state index in [9.17, 15) is 4.79 Å². The van der Waals surface area contributed by atoms with Gasteiger partial charge in [0.1, 0.15) is 11.4 Å². The van der Waals surface area contributed by atoms with Gasteiger partial charge in [-0.05, 0) is 12.5 Å². The molecule has 6 heteroatoms. The Balaban J connectivity index is 2.50. The van der Waals surface area contributed by atoms with E-state index in [2.05, 4.69) is 15.3 Å². The van der Waals surface area contributed by atoms with Gasteiger partial charge >= 0.3 is 5.97 Å². The van der Waals surface area contributed by atoms with Gasteiger partial charge in [0.05, 0.1) is 11.9 Å². The average Bonchev–Trinajstić information content (AvgIpc) is 2.73. The topological polar surface area (TPSA) is 83.8 Å². The van der Waals surface area contributed by atoms with E-state index in [1.165, 1.54) is 6.07 Å². The molecule has 2 rings (SSSR count). The lowest BCUT2D eigenvalue weighted by Crippen LogP contribution is -1.95. The quantitative estimate of drug-likeness (QED) is 0.761. The molecule has 0 aliphatic rings. The van der Waals surface area contributed by atoms with E-state index in [1.807, 2.05) is 6.92 Å². The minimum absolute atomic E-state index is 0.0746. The van der Waals surface area contributed by atoms with Crippen LogP contribution in [0, 0.1) is 6.92 Å². The molecule has 2 aromatic heterocycles. The highest BCUT2D eigenvalue weighted by molar-refractivity contribution is 5.86. The zero-order valence-electron chi connectivity index (χ0n) is 8.35. The minimum atomic E-state index is -1.02. The lowest BCUT2D eigenvalue weighted by molar-refractivity contribution is 0.0690. The molecule has 0 bridgehead atoms. The van der Waals surface area contributed by atoms with Crippen molar-refractivity contribution in [1.82, 2.24) is 20.0 Å². The molecule has 6 nitrogen and oxygen atoms in total. The summed E-state index contributed by atoms with van der Waals surface area (Å²) in [6, 6.07) is 1.49. The summed E-state index contributed by atoms with van der Waals surface area (Å²) < 4.78 is 1.66. The molecular weight excluding hydrogens is 196 g/mol. The number of nitrogens with zero attached hydrogens (tertiary/aromatic N) is 3. The van der Waals surface area contributed by atoms with Crippen molar-refractivity contribution in [3.63, 3.8) is 0 Å². The van der Waals surface area contributed by atoms with Crippen molar-refractivity contribution in [3.05, 3.63) is 23.5 Å². The molecule has 0 aromatic carbocycles. The van der Waals surface area contributed by atoms with E-state index in [1.54, 1.807) is 17.9 Å². The first kappa shape index (κ1) is 9.45. The molecule has 15 heavy (non-hydrogen) atoms. The first-order chi connectivity index (χ1) is 7.09. The van der Waals surface area contributed by atoms with Gasteiger partial charge in [0.2, 0.25) is 0 Å². The van der Waals surface area contributed by atoms with Crippen molar-refractivity contribution in [2.75, 3.05) is 0 Å². The fourth-order valence-electron chi connectivity index (χ4n) is 1.47. The van der Waals surface area contributed by atoms with E-state index in [0.29, 0.717) is 5.69 Å². The second-order valence-corrected chi connectivity index (χ2v) is 3.27. The SMILES string of the molecule is Cc1cnn(C)c1-c1cc(C(=O)O)[nH]n1. The zero-order valence-corrected chi connectivity index (χ0v) is 8.35. The van der Waals surface area contributed by atoms with Crippen LogP contribution in [0.4, 0.5) is 0 Å². The normalized spacial score (nSPS) is 10.5. The Hall–Kier alpha value is -2.11. The summed E-state index contributed by atoms with van der Waals surface area (Å²) in [5.74, 6) is -1.02. The fraction of sp³-hybridized carbons (Fsp3) is 0.222. The van der Waals surface area contributed by atoms with Gasteiger partial charge in [-0.25, -0.2) is 4.79 Å². The van der Waals surface area contributed by atoms with Crippen molar-refractivity contribution in [1.29, 1.82) is 0 Å². The van der Waals surface area contributed by atoms with Crippen molar-refractivity contribution in [3.8, 4) is 11.4 Å². The number of carboxylic acid groups (broad SMARTS) is 1. The van der Waals surface area contributed by atoms with Crippen LogP contribution in [0.25, 0.3) is 11.4 Å². The maximum atomic E-state index is 10.7. The number of hydrogen-bond acceptors (Lipinski definition) is 3. The number of hydrogen-bond donors (Lipinski definition) is 2. The molecule has 0 radical (unpaired) electrons. The third-order valence-electron chi connectivity index (χ3n) is 2.17. The molecule has 0 aliphatic carbocycles. The Morgan fingerprint density at radius 3 is 2.80 bits per heavy atom. The second-order valence-electron chi connectivity index (χ2n) is 3.27. The maximum absolute atomic E-state index is 10.7. The summed E-state index contributed by atoms with van der Waals surface area (Å²) >= 11 is 0. The predicted octanol–water partition coefficient (Wildman–Crippen LogP) is 0.817. The molecule has 0 saturated carbocycles. The monoisotopic (exact) mass is 206 g/mol. The van der Waals surface area contributed by atoms with Gasteiger partial charge in [-0.1, -0.05) is 0 Å². The summed E-state index contributed by atoms with van der Waals surface area (Å²) in [6.07, 6.45) is 1.71. The molecule has 0 unspecified atom stereocenters. The van der Waals surface area contributed by atoms with Crippen LogP contribution in [0.2, 0.25) is 0 Å². The van der Waals surface area contributed by atoms with Crippen molar-refractivity contribution < 1.29 is 9.90 Å². The van der Waals surface area contributed by atoms with Gasteiger partial charge in [0, 0.05) is 13.1 Å². The van der Waals surface area contributed by atoms with Crippen LogP contribution >= 0.6 is 0 Å². The molecule has 0 fully saturated rings. The third-order valence-corrected chi connectivity index (χ3v) is 2.17. The Morgan fingerprint density at radius 2 is 2.33 bits per heavy atom. The summed E-state index contributed by atoms with van der Waals surface area (Å²) in [5.41, 5.74) is 2.44. The molecule has 78 valence electrons. The average molecular weight is 206 g/mol. The molecule has 0 spiro atoms. The highest BCUT2D eigenvalue weighted by Crippen LogP contribution is 2.20. The first-order valence-electron chi connectivity index (χ1n) is 4.37. The van der Waals surface area contributed by atoms with Crippen LogP contribution in [-0.2, 0) is 7.05 Å². The Morgan fingerprint density at radius 1 is 1.60 bits per heavy atom. The van der Waals surface area contributed by atoms with Crippen molar-refractivity contribution in [2.45, 2.75) is 6.92 Å². The maximum Gasteiger partial charge on any atom is 0.353 e. The number of aromatic nitrogens is 4. The van der Waals surface area contributed by atoms with E-state index in [0.717, 1.165) is 11.3 Å². The number of aryl methyl sites for hydroxylation is 2. The van der Waals surface area contributed by atoms with Gasteiger partial charge < -0.3 is 5.11 Å². The summed E-state index contributed by atoms with van der Waals surface area (Å²) in [6.45, 7) is 1.90. The first-order valence-corrected chi connectivity index (χ1v) is 4.37. The highest BCUT2D eigenvalue weighted by Gasteiger charge is 2.13. The van der Waals surface area contributed by atoms with Gasteiger partial charge in [-0.2, -0.15) is 10.2 Å². The third kappa shape index (κ3) is 1.50. The molecule has 2 aromatic rings. The van der Waals surface area contributed by atoms with Gasteiger partial charge in [-0.3, -0.25) is 9.78 Å². The number of carboxylic acids is 1. The Labute approximate surface area is 85.5 Å². The minimum Gasteiger partial charge on any atom is -0.477 e. The molecular formula is C9H10N4O2. The smallest absolute Gasteiger partial charge is 0.353 e. The zero-order chi connectivity index (χ0) is 11.0. The summed E-state index contributed by atoms with van der Waals surface area (Å²) in [7, 11) is 1.79. The van der Waals surface area contributed by atoms with Gasteiger partial charge in [0.25, 0.3) is 0 Å². The van der Waals surface area contributed by atoms with E-state index in [-0.39, 0.29) is 5.69 Å². The fourth-order valence-corrected chi connectivity index (χ4v) is 1.47. The number of carbonyl (C=O) groups is 1. The van der Waals surface area contributed by atoms with E-state index >= 15 is 0 Å². The van der Waals surface area contributed by atoms with Crippen LogP contribution in [0.1, 0.15) is 16.1 Å². The van der Waals surface area contributed by atoms with Gasteiger partial charge in [-0.15, -0.1) is 0 Å². The van der Waals surface area contributed by atoms with Crippen LogP contribution in [-0.4, -0.2) is 31.1 Å². The van der Waals surface area contributed by atoms with Crippen LogP contribution in [0.15, 0.2) is 12.3 Å². The van der Waals surface area contributed by atoms with E-state index in [4.69, 9.17) is 5.11 Å². The molecule has 2 N–H and O–H groups in total. The lowest BCUT2D eigenvalue weighted by Gasteiger charge is -1.97. The van der Waals surface area contributed by atoms with E-state index < -0.39 is 5.97 Å². The number of aromatic carboxylic acids is 1. The number of aromatic amines is 1. The van der Waals surface area contributed by atoms with Crippen molar-refractivity contribution >= 4 is 5.97 Å². The van der Waals surface area contributed by atoms with Gasteiger partial charge in [0.15, 0.2) is 0 Å². The van der Waals surface area contributed by atoms with Crippen LogP contribution < -0.4 is 0 Å². The molecule has 0 aliphatic heterocycles. The van der Waals surface area contributed by atoms with Crippen molar-refractivity contribution in [2.24, 2.45) is 7.05 Å². The van der Waals surface area contributed by atoms with Crippen LogP contribution in [0.3, 0.4) is 0 Å². The Bertz CT molecular complexity index is 492. The van der Waals surface area contributed by atoms with Crippen LogP contribution in [0.5, 0.6) is 0 Å². The second kappa shape index (κ2) is 3.23. The molecule has 0 atom stereocenters. The molecule has 0 amide bonds. The number of H-pyrrole nitrogens is 1. The standard InChI is InChI=1S/C9H10N4O2/c1-5-4-10-13(2)8(5)6-3-7(9(14)15)12-11-6/h3-4H,1-2H3,(H,11,12)(H,14,15). The predicted molar refractivity (Wildman–Crippen MR) is 52.5 cm³/mol. The molecule has 0 saturated heterocycles. The number of rotatable bonds is 2. The lowest BCUT2D eigenvalue weighted by atomic mass is 10.2. The molecule has 2 heterocycles. The summed E-state index contributed by atoms with van der Waals surface area (Å²) in [5, 5.41) is 19.2. The largest absolute Gasteiger partial charge is 0.477 e. The highest BCUT2D eigenvalue weighted by atomic mass is 16.4. The number of nitrogens with one attached hydrogen (secondary N) is 1. The summed E-state index contributed by atoms with van der Waals surface area (Å²) in [4.78, 5) is 10.7.